The van der Waals surface area contributed by atoms with E-state index in [1.54, 1.807) is 24.4 Å². The second-order valence-corrected chi connectivity index (χ2v) is 6.17. The molecule has 23 heavy (non-hydrogen) atoms. The molecule has 0 unspecified atom stereocenters. The molecular formula is C17H18N2O3S. The minimum atomic E-state index is -0.972. The van der Waals surface area contributed by atoms with Crippen molar-refractivity contribution in [2.45, 2.75) is 25.8 Å². The monoisotopic (exact) mass is 330 g/mol. The van der Waals surface area contributed by atoms with Crippen molar-refractivity contribution in [3.05, 3.63) is 58.1 Å². The van der Waals surface area contributed by atoms with Gasteiger partial charge in [-0.25, -0.2) is 9.78 Å². The highest BCUT2D eigenvalue weighted by atomic mass is 32.1. The largest absolute Gasteiger partial charge is 0.478 e. The molecule has 6 heteroatoms. The number of rotatable bonds is 6. The van der Waals surface area contributed by atoms with Gasteiger partial charge in [-0.1, -0.05) is 19.1 Å². The van der Waals surface area contributed by atoms with E-state index in [-0.39, 0.29) is 11.5 Å². The fourth-order valence-corrected chi connectivity index (χ4v) is 2.84. The van der Waals surface area contributed by atoms with Crippen LogP contribution in [0.1, 0.15) is 41.2 Å². The van der Waals surface area contributed by atoms with E-state index in [4.69, 9.17) is 5.11 Å². The van der Waals surface area contributed by atoms with E-state index in [2.05, 4.69) is 10.3 Å². The third-order valence-corrected chi connectivity index (χ3v) is 4.63. The summed E-state index contributed by atoms with van der Waals surface area (Å²) in [6, 6.07) is 6.33. The molecule has 0 saturated carbocycles. The van der Waals surface area contributed by atoms with E-state index in [1.807, 2.05) is 19.2 Å². The van der Waals surface area contributed by atoms with Gasteiger partial charge in [0.25, 0.3) is 0 Å². The first-order valence-electron chi connectivity index (χ1n) is 7.18. The van der Waals surface area contributed by atoms with Crippen molar-refractivity contribution in [1.29, 1.82) is 0 Å². The zero-order valence-electron chi connectivity index (χ0n) is 12.9. The van der Waals surface area contributed by atoms with Gasteiger partial charge in [-0.3, -0.25) is 4.79 Å². The molecule has 0 aliphatic rings. The predicted octanol–water partition coefficient (Wildman–Crippen LogP) is 3.30. The first-order chi connectivity index (χ1) is 10.9. The predicted molar refractivity (Wildman–Crippen MR) is 90.3 cm³/mol. The smallest absolute Gasteiger partial charge is 0.335 e. The number of hydrogen-bond acceptors (Lipinski definition) is 4. The molecule has 1 aromatic heterocycles. The van der Waals surface area contributed by atoms with Crippen molar-refractivity contribution >= 4 is 29.3 Å². The maximum Gasteiger partial charge on any atom is 0.335 e. The summed E-state index contributed by atoms with van der Waals surface area (Å²) < 4.78 is 0. The number of carbonyl (C=O) groups excluding carboxylic acids is 1. The molecule has 2 rings (SSSR count). The van der Waals surface area contributed by atoms with Gasteiger partial charge in [0.15, 0.2) is 0 Å². The molecule has 0 aliphatic heterocycles. The second kappa shape index (κ2) is 7.19. The van der Waals surface area contributed by atoms with Gasteiger partial charge in [0.1, 0.15) is 5.01 Å². The number of carboxylic acid groups (broad SMARTS) is 1. The summed E-state index contributed by atoms with van der Waals surface area (Å²) >= 11 is 1.51. The van der Waals surface area contributed by atoms with Gasteiger partial charge in [0.05, 0.1) is 11.1 Å². The van der Waals surface area contributed by atoms with E-state index in [0.29, 0.717) is 0 Å². The Morgan fingerprint density at radius 3 is 2.57 bits per heavy atom. The molecule has 120 valence electrons. The van der Waals surface area contributed by atoms with Gasteiger partial charge in [-0.05, 0) is 37.1 Å². The van der Waals surface area contributed by atoms with Crippen LogP contribution in [-0.2, 0) is 10.3 Å². The van der Waals surface area contributed by atoms with Crippen molar-refractivity contribution in [2.24, 2.45) is 0 Å². The molecule has 1 aromatic carbocycles. The number of nitrogens with zero attached hydrogens (tertiary/aromatic N) is 1. The minimum Gasteiger partial charge on any atom is -0.478 e. The average Bonchev–Trinajstić information content (AvgIpc) is 3.08. The zero-order chi connectivity index (χ0) is 16.9. The van der Waals surface area contributed by atoms with Crippen LogP contribution in [0.2, 0.25) is 0 Å². The molecule has 0 bridgehead atoms. The van der Waals surface area contributed by atoms with Gasteiger partial charge in [-0.15, -0.1) is 11.3 Å². The average molecular weight is 330 g/mol. The minimum absolute atomic E-state index is 0.216. The highest BCUT2D eigenvalue weighted by Gasteiger charge is 2.28. The lowest BCUT2D eigenvalue weighted by atomic mass is 10.00. The van der Waals surface area contributed by atoms with Crippen LogP contribution in [0.5, 0.6) is 0 Å². The molecule has 1 atom stereocenters. The summed E-state index contributed by atoms with van der Waals surface area (Å²) in [5.74, 6) is -1.19. The summed E-state index contributed by atoms with van der Waals surface area (Å²) in [7, 11) is 0. The van der Waals surface area contributed by atoms with E-state index < -0.39 is 11.5 Å². The molecule has 0 spiro atoms. The fourth-order valence-electron chi connectivity index (χ4n) is 2.01. The quantitative estimate of drug-likeness (QED) is 0.797. The number of nitrogens with one attached hydrogen (secondary N) is 1. The van der Waals surface area contributed by atoms with Gasteiger partial charge in [0.2, 0.25) is 5.91 Å². The highest BCUT2D eigenvalue weighted by molar-refractivity contribution is 7.09. The van der Waals surface area contributed by atoms with E-state index in [0.717, 1.165) is 17.0 Å². The lowest BCUT2D eigenvalue weighted by Crippen LogP contribution is -2.42. The normalized spacial score (nSPS) is 13.7. The number of carbonyl (C=O) groups is 2. The van der Waals surface area contributed by atoms with Crippen LogP contribution in [0, 0.1) is 0 Å². The lowest BCUT2D eigenvalue weighted by Gasteiger charge is -2.26. The number of carboxylic acids is 1. The van der Waals surface area contributed by atoms with Crippen LogP contribution in [0.3, 0.4) is 0 Å². The topological polar surface area (TPSA) is 79.3 Å². The van der Waals surface area contributed by atoms with Crippen LogP contribution in [0.25, 0.3) is 6.08 Å². The molecule has 1 amide bonds. The SMILES string of the molecule is CC[C@](C)(NC(=O)/C=C/c1ccc(C(=O)O)cc1)c1nccs1. The zero-order valence-corrected chi connectivity index (χ0v) is 13.8. The van der Waals surface area contributed by atoms with Gasteiger partial charge in [-0.2, -0.15) is 0 Å². The van der Waals surface area contributed by atoms with Crippen LogP contribution < -0.4 is 5.32 Å². The van der Waals surface area contributed by atoms with Crippen LogP contribution in [0.15, 0.2) is 41.9 Å². The molecule has 0 fully saturated rings. The highest BCUT2D eigenvalue weighted by Crippen LogP contribution is 2.26. The number of aromatic nitrogens is 1. The van der Waals surface area contributed by atoms with Crippen molar-refractivity contribution in [3.63, 3.8) is 0 Å². The number of hydrogen-bond donors (Lipinski definition) is 2. The van der Waals surface area contributed by atoms with Crippen molar-refractivity contribution in [1.82, 2.24) is 10.3 Å². The lowest BCUT2D eigenvalue weighted by molar-refractivity contribution is -0.118. The number of aromatic carboxylic acids is 1. The Morgan fingerprint density at radius 2 is 2.04 bits per heavy atom. The number of amides is 1. The van der Waals surface area contributed by atoms with Crippen LogP contribution >= 0.6 is 11.3 Å². The Balaban J connectivity index is 2.05. The Kier molecular flexibility index (Phi) is 5.28. The Morgan fingerprint density at radius 1 is 1.35 bits per heavy atom. The first-order valence-corrected chi connectivity index (χ1v) is 8.06. The Bertz CT molecular complexity index is 708. The van der Waals surface area contributed by atoms with E-state index >= 15 is 0 Å². The molecule has 2 N–H and O–H groups in total. The van der Waals surface area contributed by atoms with Gasteiger partial charge in [0, 0.05) is 17.7 Å². The van der Waals surface area contributed by atoms with Crippen molar-refractivity contribution in [3.8, 4) is 0 Å². The summed E-state index contributed by atoms with van der Waals surface area (Å²) in [6.07, 6.45) is 5.55. The maximum absolute atomic E-state index is 12.1. The first kappa shape index (κ1) is 16.9. The summed E-state index contributed by atoms with van der Waals surface area (Å²) in [6.45, 7) is 3.94. The van der Waals surface area contributed by atoms with E-state index in [1.165, 1.54) is 29.5 Å². The molecule has 5 nitrogen and oxygen atoms in total. The van der Waals surface area contributed by atoms with Crippen LogP contribution in [-0.4, -0.2) is 22.0 Å². The molecule has 2 aromatic rings. The third-order valence-electron chi connectivity index (χ3n) is 3.60. The van der Waals surface area contributed by atoms with E-state index in [9.17, 15) is 9.59 Å². The second-order valence-electron chi connectivity index (χ2n) is 5.27. The Hall–Kier alpha value is -2.47. The molecule has 0 radical (unpaired) electrons. The molecule has 1 heterocycles. The molecule has 0 aliphatic carbocycles. The molecular weight excluding hydrogens is 312 g/mol. The summed E-state index contributed by atoms with van der Waals surface area (Å²) in [5, 5.41) is 14.6. The maximum atomic E-state index is 12.1. The number of thiazole rings is 1. The standard InChI is InChI=1S/C17H18N2O3S/c1-3-17(2,16-18-10-11-23-16)19-14(20)9-6-12-4-7-13(8-5-12)15(21)22/h4-11H,3H2,1-2H3,(H,19,20)(H,21,22)/b9-6+/t17-/m0/s1. The van der Waals surface area contributed by atoms with Gasteiger partial charge < -0.3 is 10.4 Å². The third kappa shape index (κ3) is 4.26. The Labute approximate surface area is 138 Å². The van der Waals surface area contributed by atoms with Crippen molar-refractivity contribution in [2.75, 3.05) is 0 Å². The van der Waals surface area contributed by atoms with Crippen molar-refractivity contribution < 1.29 is 14.7 Å². The summed E-state index contributed by atoms with van der Waals surface area (Å²) in [5.41, 5.74) is 0.481. The number of benzene rings is 1. The van der Waals surface area contributed by atoms with Gasteiger partial charge >= 0.3 is 5.97 Å². The fraction of sp³-hybridized carbons (Fsp3) is 0.235. The molecule has 0 saturated heterocycles. The summed E-state index contributed by atoms with van der Waals surface area (Å²) in [4.78, 5) is 27.2. The van der Waals surface area contributed by atoms with Crippen LogP contribution in [0.4, 0.5) is 0 Å².